The van der Waals surface area contributed by atoms with Gasteiger partial charge >= 0.3 is 0 Å². The predicted octanol–water partition coefficient (Wildman–Crippen LogP) is 0.781. The Morgan fingerprint density at radius 1 is 1.10 bits per heavy atom. The molecule has 0 amide bonds. The monoisotopic (exact) mass is 274 g/mol. The fraction of sp³-hybridized carbons (Fsp3) is 0.286. The van der Waals surface area contributed by atoms with Gasteiger partial charge in [0, 0.05) is 32.2 Å². The van der Waals surface area contributed by atoms with E-state index in [2.05, 4.69) is 15.3 Å². The number of halogens is 1. The SMILES string of the molecule is O=c1cc(N2CCNCC2)cnn1-c1ccc(F)cc1. The van der Waals surface area contributed by atoms with Crippen LogP contribution in [0.25, 0.3) is 5.69 Å². The summed E-state index contributed by atoms with van der Waals surface area (Å²) in [5.41, 5.74) is 1.17. The minimum atomic E-state index is -0.334. The largest absolute Gasteiger partial charge is 0.368 e. The minimum absolute atomic E-state index is 0.215. The zero-order valence-electron chi connectivity index (χ0n) is 10.9. The number of nitrogens with zero attached hydrogens (tertiary/aromatic N) is 3. The first-order valence-corrected chi connectivity index (χ1v) is 6.55. The fourth-order valence-electron chi connectivity index (χ4n) is 2.27. The molecule has 0 spiro atoms. The van der Waals surface area contributed by atoms with Crippen molar-refractivity contribution in [3.8, 4) is 5.69 Å². The van der Waals surface area contributed by atoms with Gasteiger partial charge < -0.3 is 10.2 Å². The lowest BCUT2D eigenvalue weighted by atomic mass is 10.3. The average molecular weight is 274 g/mol. The zero-order chi connectivity index (χ0) is 13.9. The van der Waals surface area contributed by atoms with Crippen molar-refractivity contribution in [3.05, 3.63) is 52.7 Å². The molecule has 1 aliphatic rings. The molecule has 1 fully saturated rings. The molecule has 0 bridgehead atoms. The molecule has 1 aliphatic heterocycles. The van der Waals surface area contributed by atoms with Crippen molar-refractivity contribution in [3.63, 3.8) is 0 Å². The molecule has 0 radical (unpaired) electrons. The van der Waals surface area contributed by atoms with Gasteiger partial charge in [0.2, 0.25) is 0 Å². The molecule has 0 aliphatic carbocycles. The van der Waals surface area contributed by atoms with E-state index in [1.807, 2.05) is 0 Å². The Labute approximate surface area is 115 Å². The zero-order valence-corrected chi connectivity index (χ0v) is 10.9. The predicted molar refractivity (Wildman–Crippen MR) is 74.9 cm³/mol. The van der Waals surface area contributed by atoms with Gasteiger partial charge in [-0.1, -0.05) is 0 Å². The summed E-state index contributed by atoms with van der Waals surface area (Å²) in [5, 5.41) is 7.43. The Kier molecular flexibility index (Phi) is 3.47. The Bertz CT molecular complexity index is 647. The average Bonchev–Trinajstić information content (AvgIpc) is 2.49. The molecule has 1 N–H and O–H groups in total. The van der Waals surface area contributed by atoms with Gasteiger partial charge in [-0.25, -0.2) is 4.39 Å². The molecular weight excluding hydrogens is 259 g/mol. The molecule has 2 heterocycles. The van der Waals surface area contributed by atoms with Crippen LogP contribution in [-0.2, 0) is 0 Å². The smallest absolute Gasteiger partial charge is 0.273 e. The van der Waals surface area contributed by atoms with Crippen LogP contribution in [0.2, 0.25) is 0 Å². The van der Waals surface area contributed by atoms with E-state index in [1.54, 1.807) is 12.3 Å². The van der Waals surface area contributed by atoms with Crippen LogP contribution in [0.1, 0.15) is 0 Å². The maximum atomic E-state index is 12.9. The first kappa shape index (κ1) is 12.8. The van der Waals surface area contributed by atoms with Gasteiger partial charge in [-0.05, 0) is 24.3 Å². The quantitative estimate of drug-likeness (QED) is 0.879. The van der Waals surface area contributed by atoms with Gasteiger partial charge in [0.15, 0.2) is 0 Å². The van der Waals surface area contributed by atoms with E-state index >= 15 is 0 Å². The van der Waals surface area contributed by atoms with Crippen molar-refractivity contribution < 1.29 is 4.39 Å². The first-order valence-electron chi connectivity index (χ1n) is 6.55. The molecule has 5 nitrogen and oxygen atoms in total. The van der Waals surface area contributed by atoms with Crippen LogP contribution < -0.4 is 15.8 Å². The molecule has 6 heteroatoms. The van der Waals surface area contributed by atoms with Gasteiger partial charge in [0.1, 0.15) is 5.82 Å². The number of benzene rings is 1. The second-order valence-electron chi connectivity index (χ2n) is 4.68. The number of piperazine rings is 1. The Balaban J connectivity index is 1.91. The van der Waals surface area contributed by atoms with Crippen LogP contribution in [-0.4, -0.2) is 36.0 Å². The van der Waals surface area contributed by atoms with Crippen LogP contribution in [0.3, 0.4) is 0 Å². The molecule has 20 heavy (non-hydrogen) atoms. The lowest BCUT2D eigenvalue weighted by Gasteiger charge is -2.28. The normalized spacial score (nSPS) is 15.3. The number of hydrogen-bond acceptors (Lipinski definition) is 4. The summed E-state index contributed by atoms with van der Waals surface area (Å²) >= 11 is 0. The molecule has 0 unspecified atom stereocenters. The van der Waals surface area contributed by atoms with Crippen molar-refractivity contribution in [2.45, 2.75) is 0 Å². The standard InChI is InChI=1S/C14H15FN4O/c15-11-1-3-12(4-2-11)19-14(20)9-13(10-17-19)18-7-5-16-6-8-18/h1-4,9-10,16H,5-8H2. The highest BCUT2D eigenvalue weighted by molar-refractivity contribution is 5.44. The van der Waals surface area contributed by atoms with E-state index in [1.165, 1.54) is 28.9 Å². The third-order valence-electron chi connectivity index (χ3n) is 3.34. The molecule has 3 rings (SSSR count). The van der Waals surface area contributed by atoms with Gasteiger partial charge in [-0.15, -0.1) is 0 Å². The van der Waals surface area contributed by atoms with Crippen molar-refractivity contribution in [1.82, 2.24) is 15.1 Å². The summed E-state index contributed by atoms with van der Waals surface area (Å²) in [5.74, 6) is -0.334. The molecular formula is C14H15FN4O. The van der Waals surface area contributed by atoms with Gasteiger partial charge in [0.25, 0.3) is 5.56 Å². The third kappa shape index (κ3) is 2.55. The summed E-state index contributed by atoms with van der Waals surface area (Å²) in [7, 11) is 0. The number of anilines is 1. The van der Waals surface area contributed by atoms with Crippen LogP contribution in [0.15, 0.2) is 41.3 Å². The van der Waals surface area contributed by atoms with E-state index in [4.69, 9.17) is 0 Å². The summed E-state index contributed by atoms with van der Waals surface area (Å²) < 4.78 is 14.2. The first-order chi connectivity index (χ1) is 9.74. The van der Waals surface area contributed by atoms with Crippen LogP contribution in [0, 0.1) is 5.82 Å². The second-order valence-corrected chi connectivity index (χ2v) is 4.68. The summed E-state index contributed by atoms with van der Waals surface area (Å²) in [6, 6.07) is 7.27. The highest BCUT2D eigenvalue weighted by Gasteiger charge is 2.12. The Morgan fingerprint density at radius 3 is 2.45 bits per heavy atom. The summed E-state index contributed by atoms with van der Waals surface area (Å²) in [4.78, 5) is 14.3. The number of nitrogens with one attached hydrogen (secondary N) is 1. The maximum Gasteiger partial charge on any atom is 0.273 e. The molecule has 0 saturated carbocycles. The van der Waals surface area contributed by atoms with Crippen LogP contribution in [0.4, 0.5) is 10.1 Å². The topological polar surface area (TPSA) is 50.2 Å². The van der Waals surface area contributed by atoms with E-state index < -0.39 is 0 Å². The lowest BCUT2D eigenvalue weighted by Crippen LogP contribution is -2.44. The maximum absolute atomic E-state index is 12.9. The highest BCUT2D eigenvalue weighted by atomic mass is 19.1. The van der Waals surface area contributed by atoms with Crippen molar-refractivity contribution in [2.24, 2.45) is 0 Å². The number of aromatic nitrogens is 2. The van der Waals surface area contributed by atoms with Crippen molar-refractivity contribution >= 4 is 5.69 Å². The molecule has 104 valence electrons. The van der Waals surface area contributed by atoms with Gasteiger partial charge in [-0.2, -0.15) is 9.78 Å². The minimum Gasteiger partial charge on any atom is -0.368 e. The van der Waals surface area contributed by atoms with Gasteiger partial charge in [0.05, 0.1) is 17.6 Å². The summed E-state index contributed by atoms with van der Waals surface area (Å²) in [6.45, 7) is 3.53. The van der Waals surface area contributed by atoms with E-state index in [-0.39, 0.29) is 11.4 Å². The van der Waals surface area contributed by atoms with Crippen molar-refractivity contribution in [2.75, 3.05) is 31.1 Å². The van der Waals surface area contributed by atoms with Gasteiger partial charge in [-0.3, -0.25) is 4.79 Å². The Morgan fingerprint density at radius 2 is 1.80 bits per heavy atom. The fourth-order valence-corrected chi connectivity index (χ4v) is 2.27. The molecule has 1 aromatic carbocycles. The third-order valence-corrected chi connectivity index (χ3v) is 3.34. The van der Waals surface area contributed by atoms with Crippen molar-refractivity contribution in [1.29, 1.82) is 0 Å². The van der Waals surface area contributed by atoms with Crippen LogP contribution in [0.5, 0.6) is 0 Å². The molecule has 1 aromatic heterocycles. The Hall–Kier alpha value is -2.21. The number of hydrogen-bond donors (Lipinski definition) is 1. The van der Waals surface area contributed by atoms with E-state index in [0.29, 0.717) is 5.69 Å². The molecule has 2 aromatic rings. The second kappa shape index (κ2) is 5.42. The van der Waals surface area contributed by atoms with E-state index in [0.717, 1.165) is 31.9 Å². The molecule has 0 atom stereocenters. The summed E-state index contributed by atoms with van der Waals surface area (Å²) in [6.07, 6.45) is 1.68. The highest BCUT2D eigenvalue weighted by Crippen LogP contribution is 2.11. The van der Waals surface area contributed by atoms with Crippen LogP contribution >= 0.6 is 0 Å². The number of rotatable bonds is 2. The molecule has 1 saturated heterocycles. The van der Waals surface area contributed by atoms with E-state index in [9.17, 15) is 9.18 Å². The lowest BCUT2D eigenvalue weighted by molar-refractivity contribution is 0.587.